The lowest BCUT2D eigenvalue weighted by molar-refractivity contribution is -0.201. The van der Waals surface area contributed by atoms with E-state index in [1.807, 2.05) is 6.07 Å². The standard InChI is InChI=1S/C9H9F3N2OS/c10-9(11,12)8(15)5-14-4-7-2-1-6(3-13)16-7/h1-2,8,14-15H,4-5H2. The van der Waals surface area contributed by atoms with Crippen molar-refractivity contribution in [1.29, 1.82) is 5.26 Å². The molecule has 1 aromatic heterocycles. The van der Waals surface area contributed by atoms with Gasteiger partial charge in [0.1, 0.15) is 10.9 Å². The fourth-order valence-corrected chi connectivity index (χ4v) is 1.76. The quantitative estimate of drug-likeness (QED) is 0.854. The molecule has 0 aliphatic carbocycles. The van der Waals surface area contributed by atoms with E-state index in [0.717, 1.165) is 4.88 Å². The fraction of sp³-hybridized carbons (Fsp3) is 0.444. The molecule has 0 bridgehead atoms. The second-order valence-corrected chi connectivity index (χ2v) is 4.23. The first-order chi connectivity index (χ1) is 7.43. The number of nitrogens with zero attached hydrogens (tertiary/aromatic N) is 1. The van der Waals surface area contributed by atoms with E-state index in [2.05, 4.69) is 5.32 Å². The third-order valence-electron chi connectivity index (χ3n) is 1.79. The molecule has 1 aromatic rings. The molecule has 1 atom stereocenters. The Balaban J connectivity index is 2.34. The maximum atomic E-state index is 11.9. The average Bonchev–Trinajstić information content (AvgIpc) is 2.64. The third kappa shape index (κ3) is 3.81. The van der Waals surface area contributed by atoms with Gasteiger partial charge in [0.05, 0.1) is 0 Å². The second-order valence-electron chi connectivity index (χ2n) is 3.07. The smallest absolute Gasteiger partial charge is 0.382 e. The van der Waals surface area contributed by atoms with Crippen molar-refractivity contribution in [2.45, 2.75) is 18.8 Å². The maximum absolute atomic E-state index is 11.9. The number of alkyl halides is 3. The van der Waals surface area contributed by atoms with E-state index < -0.39 is 18.8 Å². The van der Waals surface area contributed by atoms with Crippen molar-refractivity contribution < 1.29 is 18.3 Å². The molecule has 7 heteroatoms. The predicted molar refractivity (Wildman–Crippen MR) is 52.8 cm³/mol. The molecule has 0 spiro atoms. The van der Waals surface area contributed by atoms with Gasteiger partial charge in [-0.25, -0.2) is 0 Å². The number of nitriles is 1. The minimum absolute atomic E-state index is 0.208. The molecule has 1 heterocycles. The molecule has 0 saturated heterocycles. The van der Waals surface area contributed by atoms with Crippen molar-refractivity contribution in [3.8, 4) is 6.07 Å². The molecule has 3 nitrogen and oxygen atoms in total. The largest absolute Gasteiger partial charge is 0.415 e. The Morgan fingerprint density at radius 2 is 2.19 bits per heavy atom. The highest BCUT2D eigenvalue weighted by Crippen LogP contribution is 2.19. The van der Waals surface area contributed by atoms with Gasteiger partial charge in [-0.3, -0.25) is 0 Å². The zero-order valence-electron chi connectivity index (χ0n) is 8.08. The lowest BCUT2D eigenvalue weighted by Crippen LogP contribution is -2.38. The van der Waals surface area contributed by atoms with Crippen molar-refractivity contribution in [1.82, 2.24) is 5.32 Å². The molecular weight excluding hydrogens is 241 g/mol. The number of rotatable bonds is 4. The van der Waals surface area contributed by atoms with Gasteiger partial charge in [0.25, 0.3) is 0 Å². The molecule has 0 aromatic carbocycles. The van der Waals surface area contributed by atoms with Gasteiger partial charge in [-0.1, -0.05) is 0 Å². The molecule has 0 amide bonds. The van der Waals surface area contributed by atoms with E-state index in [9.17, 15) is 13.2 Å². The Morgan fingerprint density at radius 3 is 2.69 bits per heavy atom. The van der Waals surface area contributed by atoms with Crippen molar-refractivity contribution in [3.05, 3.63) is 21.9 Å². The fourth-order valence-electron chi connectivity index (χ4n) is 0.981. The van der Waals surface area contributed by atoms with Crippen LogP contribution >= 0.6 is 11.3 Å². The van der Waals surface area contributed by atoms with E-state index in [0.29, 0.717) is 4.88 Å². The van der Waals surface area contributed by atoms with Crippen LogP contribution in [0.1, 0.15) is 9.75 Å². The summed E-state index contributed by atoms with van der Waals surface area (Å²) < 4.78 is 35.7. The normalized spacial score (nSPS) is 13.4. The van der Waals surface area contributed by atoms with Crippen LogP contribution in [0.4, 0.5) is 13.2 Å². The van der Waals surface area contributed by atoms with E-state index in [4.69, 9.17) is 10.4 Å². The highest BCUT2D eigenvalue weighted by Gasteiger charge is 2.37. The molecule has 0 radical (unpaired) electrons. The minimum Gasteiger partial charge on any atom is -0.382 e. The Morgan fingerprint density at radius 1 is 1.50 bits per heavy atom. The van der Waals surface area contributed by atoms with Crippen LogP contribution in [-0.4, -0.2) is 23.9 Å². The molecule has 1 rings (SSSR count). The van der Waals surface area contributed by atoms with Crippen LogP contribution in [0.25, 0.3) is 0 Å². The molecule has 0 saturated carbocycles. The summed E-state index contributed by atoms with van der Waals surface area (Å²) in [5.41, 5.74) is 0. The third-order valence-corrected chi connectivity index (χ3v) is 2.78. The Labute approximate surface area is 94.1 Å². The highest BCUT2D eigenvalue weighted by atomic mass is 32.1. The molecule has 2 N–H and O–H groups in total. The summed E-state index contributed by atoms with van der Waals surface area (Å²) in [4.78, 5) is 1.26. The van der Waals surface area contributed by atoms with Gasteiger partial charge in [0.15, 0.2) is 6.10 Å². The van der Waals surface area contributed by atoms with Crippen molar-refractivity contribution in [2.75, 3.05) is 6.54 Å². The van der Waals surface area contributed by atoms with E-state index in [1.54, 1.807) is 12.1 Å². The van der Waals surface area contributed by atoms with E-state index in [-0.39, 0.29) is 6.54 Å². The Hall–Kier alpha value is -1.10. The molecule has 0 aliphatic heterocycles. The van der Waals surface area contributed by atoms with Crippen LogP contribution in [0, 0.1) is 11.3 Å². The number of aliphatic hydroxyl groups excluding tert-OH is 1. The first kappa shape index (κ1) is 13.0. The zero-order valence-corrected chi connectivity index (χ0v) is 8.90. The van der Waals surface area contributed by atoms with Gasteiger partial charge in [-0.15, -0.1) is 11.3 Å². The van der Waals surface area contributed by atoms with Crippen LogP contribution in [-0.2, 0) is 6.54 Å². The molecule has 1 unspecified atom stereocenters. The van der Waals surface area contributed by atoms with E-state index >= 15 is 0 Å². The van der Waals surface area contributed by atoms with Crippen molar-refractivity contribution in [3.63, 3.8) is 0 Å². The Bertz CT molecular complexity index is 383. The van der Waals surface area contributed by atoms with Gasteiger partial charge in [-0.2, -0.15) is 18.4 Å². The number of nitrogens with one attached hydrogen (secondary N) is 1. The van der Waals surface area contributed by atoms with Crippen LogP contribution in [0.5, 0.6) is 0 Å². The summed E-state index contributed by atoms with van der Waals surface area (Å²) in [6.45, 7) is -0.344. The summed E-state index contributed by atoms with van der Waals surface area (Å²) >= 11 is 1.21. The van der Waals surface area contributed by atoms with Gasteiger partial charge in [0, 0.05) is 18.0 Å². The number of hydrogen-bond donors (Lipinski definition) is 2. The first-order valence-corrected chi connectivity index (χ1v) is 5.19. The maximum Gasteiger partial charge on any atom is 0.415 e. The van der Waals surface area contributed by atoms with Crippen LogP contribution in [0.2, 0.25) is 0 Å². The summed E-state index contributed by atoms with van der Waals surface area (Å²) in [6.07, 6.45) is -6.96. The number of thiophene rings is 1. The minimum atomic E-state index is -4.60. The Kier molecular flexibility index (Phi) is 4.29. The monoisotopic (exact) mass is 250 g/mol. The van der Waals surface area contributed by atoms with Crippen molar-refractivity contribution in [2.24, 2.45) is 0 Å². The summed E-state index contributed by atoms with van der Waals surface area (Å²) in [6, 6.07) is 5.19. The first-order valence-electron chi connectivity index (χ1n) is 4.38. The van der Waals surface area contributed by atoms with E-state index in [1.165, 1.54) is 11.3 Å². The summed E-state index contributed by atoms with van der Waals surface area (Å²) in [5, 5.41) is 19.7. The summed E-state index contributed by atoms with van der Waals surface area (Å²) in [5.74, 6) is 0. The van der Waals surface area contributed by atoms with Crippen LogP contribution in [0.15, 0.2) is 12.1 Å². The number of hydrogen-bond acceptors (Lipinski definition) is 4. The van der Waals surface area contributed by atoms with Gasteiger partial charge in [-0.05, 0) is 12.1 Å². The van der Waals surface area contributed by atoms with Crippen molar-refractivity contribution >= 4 is 11.3 Å². The van der Waals surface area contributed by atoms with Crippen LogP contribution < -0.4 is 5.32 Å². The van der Waals surface area contributed by atoms with Gasteiger partial charge < -0.3 is 10.4 Å². The lowest BCUT2D eigenvalue weighted by atomic mass is 10.3. The van der Waals surface area contributed by atoms with Gasteiger partial charge >= 0.3 is 6.18 Å². The lowest BCUT2D eigenvalue weighted by Gasteiger charge is -2.14. The number of halogens is 3. The summed E-state index contributed by atoms with van der Waals surface area (Å²) in [7, 11) is 0. The second kappa shape index (κ2) is 5.30. The van der Waals surface area contributed by atoms with Crippen LogP contribution in [0.3, 0.4) is 0 Å². The molecule has 16 heavy (non-hydrogen) atoms. The molecule has 88 valence electrons. The zero-order chi connectivity index (χ0) is 12.2. The van der Waals surface area contributed by atoms with Gasteiger partial charge in [0.2, 0.25) is 0 Å². The molecule has 0 aliphatic rings. The SMILES string of the molecule is N#Cc1ccc(CNCC(O)C(F)(F)F)s1. The molecule has 0 fully saturated rings. The highest BCUT2D eigenvalue weighted by molar-refractivity contribution is 7.12. The topological polar surface area (TPSA) is 56.0 Å². The average molecular weight is 250 g/mol. The number of aliphatic hydroxyl groups is 1. The predicted octanol–water partition coefficient (Wildman–Crippen LogP) is 1.63. The molecular formula is C9H9F3N2OS.